The molecule has 0 amide bonds. The van der Waals surface area contributed by atoms with E-state index in [2.05, 4.69) is 11.3 Å². The normalized spacial score (nSPS) is 10.2. The van der Waals surface area contributed by atoms with Crippen molar-refractivity contribution >= 4 is 0 Å². The Morgan fingerprint density at radius 3 is 2.54 bits per heavy atom. The summed E-state index contributed by atoms with van der Waals surface area (Å²) in [5.74, 6) is -0.339. The van der Waals surface area contributed by atoms with Crippen molar-refractivity contribution < 1.29 is 9.50 Å². The third kappa shape index (κ3) is 1.51. The first-order valence-electron chi connectivity index (χ1n) is 3.68. The van der Waals surface area contributed by atoms with E-state index in [1.165, 1.54) is 23.0 Å². The van der Waals surface area contributed by atoms with Crippen LogP contribution in [0.1, 0.15) is 0 Å². The van der Waals surface area contributed by atoms with Crippen LogP contribution in [0.5, 0.6) is 5.75 Å². The van der Waals surface area contributed by atoms with Crippen LogP contribution in [0, 0.1) is 12.0 Å². The first-order valence-corrected chi connectivity index (χ1v) is 3.68. The summed E-state index contributed by atoms with van der Waals surface area (Å²) in [7, 11) is 0. The van der Waals surface area contributed by atoms with E-state index in [0.29, 0.717) is 5.69 Å². The molecule has 3 nitrogen and oxygen atoms in total. The van der Waals surface area contributed by atoms with Crippen LogP contribution in [-0.2, 0) is 0 Å². The summed E-state index contributed by atoms with van der Waals surface area (Å²) in [5.41, 5.74) is 0.679. The number of benzene rings is 1. The van der Waals surface area contributed by atoms with Crippen LogP contribution in [-0.4, -0.2) is 14.9 Å². The molecular weight excluding hydrogens is 171 g/mol. The van der Waals surface area contributed by atoms with Crippen molar-refractivity contribution in [1.29, 1.82) is 0 Å². The van der Waals surface area contributed by atoms with Crippen LogP contribution in [0.4, 0.5) is 4.39 Å². The predicted octanol–water partition coefficient (Wildman–Crippen LogP) is 1.52. The lowest BCUT2D eigenvalue weighted by Gasteiger charge is -1.98. The lowest BCUT2D eigenvalue weighted by Crippen LogP contribution is -1.93. The highest BCUT2D eigenvalue weighted by molar-refractivity contribution is 5.31. The Balaban J connectivity index is 2.41. The zero-order chi connectivity index (χ0) is 9.26. The lowest BCUT2D eigenvalue weighted by molar-refractivity contribution is 0.474. The molecule has 0 saturated carbocycles. The third-order valence-corrected chi connectivity index (χ3v) is 1.61. The largest absolute Gasteiger partial charge is 0.504 e. The number of aromatic nitrogens is 2. The van der Waals surface area contributed by atoms with Crippen LogP contribution < -0.4 is 0 Å². The Labute approximate surface area is 74.1 Å². The second-order valence-electron chi connectivity index (χ2n) is 2.55. The molecule has 0 aliphatic carbocycles. The van der Waals surface area contributed by atoms with Gasteiger partial charge in [0.1, 0.15) is 5.82 Å². The number of aromatic hydroxyl groups is 1. The van der Waals surface area contributed by atoms with Gasteiger partial charge >= 0.3 is 0 Å². The first-order chi connectivity index (χ1) is 6.25. The van der Waals surface area contributed by atoms with E-state index in [-0.39, 0.29) is 11.6 Å². The van der Waals surface area contributed by atoms with Gasteiger partial charge in [0.25, 0.3) is 0 Å². The Hall–Kier alpha value is -1.84. The summed E-state index contributed by atoms with van der Waals surface area (Å²) in [6.07, 6.45) is 3.75. The highest BCUT2D eigenvalue weighted by Gasteiger charge is 1.99. The Morgan fingerprint density at radius 2 is 2.00 bits per heavy atom. The molecule has 2 aromatic rings. The van der Waals surface area contributed by atoms with Crippen molar-refractivity contribution in [3.8, 4) is 11.4 Å². The summed E-state index contributed by atoms with van der Waals surface area (Å²) in [6, 6.07) is 5.79. The van der Waals surface area contributed by atoms with Gasteiger partial charge in [0.05, 0.1) is 11.9 Å². The molecule has 13 heavy (non-hydrogen) atoms. The molecule has 0 unspecified atom stereocenters. The predicted molar refractivity (Wildman–Crippen MR) is 44.0 cm³/mol. The van der Waals surface area contributed by atoms with Crippen LogP contribution in [0.3, 0.4) is 0 Å². The van der Waals surface area contributed by atoms with Gasteiger partial charge in [-0.05, 0) is 24.3 Å². The van der Waals surface area contributed by atoms with E-state index in [1.807, 2.05) is 0 Å². The lowest BCUT2D eigenvalue weighted by atomic mass is 10.3. The number of hydrogen-bond donors (Lipinski definition) is 1. The zero-order valence-electron chi connectivity index (χ0n) is 6.61. The van der Waals surface area contributed by atoms with E-state index >= 15 is 0 Å². The molecule has 0 saturated heterocycles. The van der Waals surface area contributed by atoms with Crippen LogP contribution in [0.15, 0.2) is 30.5 Å². The molecule has 1 N–H and O–H groups in total. The fourth-order valence-corrected chi connectivity index (χ4v) is 1.00. The van der Waals surface area contributed by atoms with Gasteiger partial charge < -0.3 is 5.11 Å². The molecule has 0 spiro atoms. The number of nitrogens with zero attached hydrogens (tertiary/aromatic N) is 2. The second kappa shape index (κ2) is 2.90. The molecule has 1 heterocycles. The molecule has 0 bridgehead atoms. The topological polar surface area (TPSA) is 38.1 Å². The molecule has 0 fully saturated rings. The zero-order valence-corrected chi connectivity index (χ0v) is 6.61. The van der Waals surface area contributed by atoms with Crippen molar-refractivity contribution in [2.45, 2.75) is 0 Å². The number of halogens is 1. The quantitative estimate of drug-likeness (QED) is 0.717. The number of hydrogen-bond acceptors (Lipinski definition) is 2. The van der Waals surface area contributed by atoms with Crippen molar-refractivity contribution in [3.05, 3.63) is 42.5 Å². The van der Waals surface area contributed by atoms with Gasteiger partial charge in [-0.3, -0.25) is 0 Å². The third-order valence-electron chi connectivity index (χ3n) is 1.61. The van der Waals surface area contributed by atoms with Crippen molar-refractivity contribution in [1.82, 2.24) is 9.78 Å². The minimum absolute atomic E-state index is 0.0377. The van der Waals surface area contributed by atoms with Crippen molar-refractivity contribution in [2.24, 2.45) is 0 Å². The molecule has 65 valence electrons. The minimum atomic E-state index is -0.302. The van der Waals surface area contributed by atoms with Crippen molar-refractivity contribution in [2.75, 3.05) is 0 Å². The molecule has 1 radical (unpaired) electrons. The van der Waals surface area contributed by atoms with Gasteiger partial charge in [0, 0.05) is 0 Å². The van der Waals surface area contributed by atoms with E-state index in [9.17, 15) is 4.39 Å². The average molecular weight is 177 g/mol. The number of rotatable bonds is 1. The monoisotopic (exact) mass is 177 g/mol. The molecule has 0 atom stereocenters. The summed E-state index contributed by atoms with van der Waals surface area (Å²) in [5, 5.41) is 12.7. The Morgan fingerprint density at radius 1 is 1.31 bits per heavy atom. The Kier molecular flexibility index (Phi) is 1.73. The summed E-state index contributed by atoms with van der Waals surface area (Å²) in [6.45, 7) is 0. The fourth-order valence-electron chi connectivity index (χ4n) is 1.00. The van der Waals surface area contributed by atoms with Gasteiger partial charge in [0.15, 0.2) is 11.9 Å². The van der Waals surface area contributed by atoms with Crippen LogP contribution >= 0.6 is 0 Å². The van der Waals surface area contributed by atoms with Gasteiger partial charge in [-0.25, -0.2) is 9.07 Å². The average Bonchev–Trinajstić information content (AvgIpc) is 2.53. The molecule has 2 rings (SSSR count). The van der Waals surface area contributed by atoms with E-state index in [0.717, 1.165) is 0 Å². The summed E-state index contributed by atoms with van der Waals surface area (Å²) >= 11 is 0. The van der Waals surface area contributed by atoms with E-state index in [1.54, 1.807) is 12.1 Å². The van der Waals surface area contributed by atoms with E-state index < -0.39 is 0 Å². The smallest absolute Gasteiger partial charge is 0.164 e. The van der Waals surface area contributed by atoms with Gasteiger partial charge in [-0.1, -0.05) is 0 Å². The highest BCUT2D eigenvalue weighted by atomic mass is 19.1. The van der Waals surface area contributed by atoms with E-state index in [4.69, 9.17) is 5.11 Å². The molecule has 0 aliphatic rings. The van der Waals surface area contributed by atoms with Crippen LogP contribution in [0.25, 0.3) is 5.69 Å². The Bertz CT molecular complexity index is 408. The summed E-state index contributed by atoms with van der Waals surface area (Å²) in [4.78, 5) is 0. The fraction of sp³-hybridized carbons (Fsp3) is 0. The standard InChI is InChI=1S/C9H6FN2O/c10-7-1-3-8(4-2-7)12-6-9(13)5-11-12/h1-4,6,13H. The second-order valence-corrected chi connectivity index (χ2v) is 2.55. The summed E-state index contributed by atoms with van der Waals surface area (Å²) < 4.78 is 13.9. The highest BCUT2D eigenvalue weighted by Crippen LogP contribution is 2.11. The molecule has 1 aromatic heterocycles. The van der Waals surface area contributed by atoms with Crippen LogP contribution in [0.2, 0.25) is 0 Å². The van der Waals surface area contributed by atoms with Gasteiger partial charge in [0.2, 0.25) is 0 Å². The molecule has 1 aromatic carbocycles. The molecule has 4 heteroatoms. The molecule has 0 aliphatic heterocycles. The molecular formula is C9H6FN2O. The maximum absolute atomic E-state index is 12.5. The van der Waals surface area contributed by atoms with Gasteiger partial charge in [-0.15, -0.1) is 0 Å². The van der Waals surface area contributed by atoms with Crippen molar-refractivity contribution in [3.63, 3.8) is 0 Å². The maximum atomic E-state index is 12.5. The minimum Gasteiger partial charge on any atom is -0.504 e. The first kappa shape index (κ1) is 7.79. The van der Waals surface area contributed by atoms with Gasteiger partial charge in [-0.2, -0.15) is 5.10 Å². The maximum Gasteiger partial charge on any atom is 0.164 e. The SMILES string of the molecule is Oc1[c]nn(-c2ccc(F)cc2)c1.